The summed E-state index contributed by atoms with van der Waals surface area (Å²) in [7, 11) is -16.1. The van der Waals surface area contributed by atoms with Gasteiger partial charge in [0.15, 0.2) is 0 Å². The summed E-state index contributed by atoms with van der Waals surface area (Å²) in [6.45, 7) is 4.18. The van der Waals surface area contributed by atoms with Crippen molar-refractivity contribution in [1.82, 2.24) is 0 Å². The first-order chi connectivity index (χ1) is 23.7. The Morgan fingerprint density at radius 3 is 0.882 bits per heavy atom. The zero-order valence-electron chi connectivity index (χ0n) is 30.2. The van der Waals surface area contributed by atoms with Gasteiger partial charge in [0.2, 0.25) is 0 Å². The molecule has 0 bridgehead atoms. The summed E-state index contributed by atoms with van der Waals surface area (Å²) in [4.78, 5) is 0. The number of rotatable bonds is 16. The van der Waals surface area contributed by atoms with Crippen LogP contribution in [0.2, 0.25) is 0 Å². The predicted octanol–water partition coefficient (Wildman–Crippen LogP) is 6.82. The minimum atomic E-state index is -4.23. The average molecular weight is 841 g/mol. The summed E-state index contributed by atoms with van der Waals surface area (Å²) in [5, 5.41) is -4.05. The molecule has 0 aromatic heterocycles. The van der Waals surface area contributed by atoms with Crippen molar-refractivity contribution < 1.29 is 51.9 Å². The van der Waals surface area contributed by atoms with Crippen LogP contribution >= 0.6 is 17.2 Å². The molecule has 4 N–H and O–H groups in total. The molecule has 0 spiro atoms. The number of hydrogen-bond donors (Lipinski definition) is 4. The Morgan fingerprint density at radius 1 is 0.451 bits per heavy atom. The summed E-state index contributed by atoms with van der Waals surface area (Å²) < 4.78 is 138. The zero-order chi connectivity index (χ0) is 37.9. The molecule has 4 rings (SSSR count). The van der Waals surface area contributed by atoms with Crippen LogP contribution in [0.3, 0.4) is 0 Å². The van der Waals surface area contributed by atoms with Gasteiger partial charge in [-0.15, -0.1) is 17.2 Å². The third kappa shape index (κ3) is 10.9. The van der Waals surface area contributed by atoms with E-state index in [2.05, 4.69) is 13.8 Å². The van der Waals surface area contributed by atoms with Gasteiger partial charge in [-0.05, 0) is 143 Å². The number of hydrogen-bond acceptors (Lipinski definition) is 8. The van der Waals surface area contributed by atoms with Gasteiger partial charge >= 0.3 is 0 Å². The van der Waals surface area contributed by atoms with Crippen LogP contribution < -0.4 is 0 Å². The average Bonchev–Trinajstić information content (AvgIpc) is 3.07. The lowest BCUT2D eigenvalue weighted by atomic mass is 9.67. The van der Waals surface area contributed by atoms with Gasteiger partial charge in [-0.2, -0.15) is 33.7 Å². The van der Waals surface area contributed by atoms with E-state index in [0.29, 0.717) is 94.2 Å². The second-order valence-electron chi connectivity index (χ2n) is 16.0. The lowest BCUT2D eigenvalue weighted by Gasteiger charge is -2.51. The normalized spacial score (nSPS) is 34.8. The van der Waals surface area contributed by atoms with E-state index in [4.69, 9.17) is 0 Å². The maximum Gasteiger partial charge on any atom is 0.267 e. The third-order valence-electron chi connectivity index (χ3n) is 13.5. The van der Waals surface area contributed by atoms with Crippen molar-refractivity contribution >= 4 is 57.6 Å². The lowest BCUT2D eigenvalue weighted by molar-refractivity contribution is 0.166. The highest BCUT2D eigenvalue weighted by Gasteiger charge is 2.51. The Bertz CT molecular complexity index is 1380. The van der Waals surface area contributed by atoms with Crippen LogP contribution in [0.4, 0.5) is 0 Å². The van der Waals surface area contributed by atoms with E-state index in [0.717, 1.165) is 57.3 Å². The summed E-state index contributed by atoms with van der Waals surface area (Å²) in [5.41, 5.74) is 0. The maximum atomic E-state index is 12.3. The molecule has 0 heterocycles. The molecule has 4 aliphatic carbocycles. The molecular weight excluding hydrogens is 779 g/mol. The highest BCUT2D eigenvalue weighted by Crippen LogP contribution is 2.59. The fraction of sp³-hybridized carbons (Fsp3) is 1.00. The molecule has 10 atom stereocenters. The van der Waals surface area contributed by atoms with Crippen LogP contribution in [0.25, 0.3) is 0 Å². The highest BCUT2D eigenvalue weighted by atomic mass is 32.2. The molecule has 12 nitrogen and oxygen atoms in total. The van der Waals surface area contributed by atoms with E-state index < -0.39 is 61.5 Å². The van der Waals surface area contributed by atoms with Crippen LogP contribution in [-0.4, -0.2) is 95.5 Å². The van der Waals surface area contributed by atoms with E-state index in [1.54, 1.807) is 0 Å². The molecule has 0 saturated heterocycles. The Kier molecular flexibility index (Phi) is 15.4. The second kappa shape index (κ2) is 17.7. The molecule has 0 aromatic carbocycles. The van der Waals surface area contributed by atoms with E-state index in [1.165, 1.54) is 0 Å². The smallest absolute Gasteiger partial charge is 0.267 e. The first-order valence-electron chi connectivity index (χ1n) is 19.0. The molecule has 4 fully saturated rings. The van der Waals surface area contributed by atoms with E-state index in [1.807, 2.05) is 0 Å². The van der Waals surface area contributed by atoms with Crippen molar-refractivity contribution in [3.8, 4) is 0 Å². The molecule has 300 valence electrons. The van der Waals surface area contributed by atoms with Crippen LogP contribution in [-0.2, 0) is 40.5 Å². The van der Waals surface area contributed by atoms with Gasteiger partial charge in [0.05, 0.1) is 21.0 Å². The van der Waals surface area contributed by atoms with Gasteiger partial charge in [-0.3, -0.25) is 18.2 Å². The first-order valence-corrected chi connectivity index (χ1v) is 27.4. The molecule has 0 aromatic rings. The Balaban J connectivity index is 1.57. The molecule has 0 aliphatic heterocycles. The molecule has 18 heteroatoms. The van der Waals surface area contributed by atoms with Gasteiger partial charge in [-0.1, -0.05) is 39.5 Å². The van der Waals surface area contributed by atoms with Crippen LogP contribution in [0, 0.1) is 23.7 Å². The van der Waals surface area contributed by atoms with Gasteiger partial charge in [0.1, 0.15) is 0 Å². The van der Waals surface area contributed by atoms with E-state index in [-0.39, 0.29) is 34.0 Å². The fourth-order valence-electron chi connectivity index (χ4n) is 10.9. The predicted molar refractivity (Wildman–Crippen MR) is 206 cm³/mol. The van der Waals surface area contributed by atoms with Gasteiger partial charge in [-0.25, -0.2) is 0 Å². The summed E-state index contributed by atoms with van der Waals surface area (Å²) >= 11 is 0. The maximum absolute atomic E-state index is 12.3. The fourth-order valence-corrected chi connectivity index (χ4v) is 19.4. The quantitative estimate of drug-likeness (QED) is 0.0716. The standard InChI is InChI=1S/C33H62O12P2S4/c1-3-32(24-10-5-14-28(20-24)48(34,35)36,25-11-6-15-29(21-25)49(37,38)39)46-18-9-19-47-33(4-2,26-12-7-16-30(22-26)50(40,41)42)27-13-8-17-31(23-27)51(43,44)45/h24-31,46-47H,3-23H2,1-2H3,(H,34,35,36)(H,37,38,39)(H,40,41,42)(H,43,44,45). The van der Waals surface area contributed by atoms with Crippen molar-refractivity contribution in [3.05, 3.63) is 0 Å². The molecule has 0 radical (unpaired) electrons. The SMILES string of the molecule is CCC(PCCCPC(CC)(C1CCCC(S(=O)(=O)O)C1)C1CCCC(S(=O)(=O)O)C1)(C1CCCC(S(=O)(=O)O)C1)C1CCCC(S(=O)(=O)O)C1. The van der Waals surface area contributed by atoms with Crippen LogP contribution in [0.5, 0.6) is 0 Å². The van der Waals surface area contributed by atoms with Crippen LogP contribution in [0.1, 0.15) is 136 Å². The minimum absolute atomic E-state index is 0.0111. The largest absolute Gasteiger partial charge is 0.285 e. The summed E-state index contributed by atoms with van der Waals surface area (Å²) in [6.07, 6.45) is 12.7. The van der Waals surface area contributed by atoms with Crippen molar-refractivity contribution in [1.29, 1.82) is 0 Å². The van der Waals surface area contributed by atoms with Crippen molar-refractivity contribution in [2.24, 2.45) is 23.7 Å². The Labute approximate surface area is 311 Å². The van der Waals surface area contributed by atoms with Crippen LogP contribution in [0.15, 0.2) is 0 Å². The van der Waals surface area contributed by atoms with Gasteiger partial charge in [0.25, 0.3) is 40.5 Å². The van der Waals surface area contributed by atoms with E-state index in [9.17, 15) is 51.9 Å². The molecule has 4 saturated carbocycles. The van der Waals surface area contributed by atoms with Crippen molar-refractivity contribution in [2.45, 2.75) is 167 Å². The first kappa shape index (κ1) is 44.2. The topological polar surface area (TPSA) is 217 Å². The summed E-state index contributed by atoms with van der Waals surface area (Å²) in [6, 6.07) is 0. The van der Waals surface area contributed by atoms with E-state index >= 15 is 0 Å². The molecule has 4 aliphatic rings. The second-order valence-corrected chi connectivity index (χ2v) is 26.4. The Morgan fingerprint density at radius 2 is 0.686 bits per heavy atom. The van der Waals surface area contributed by atoms with Crippen molar-refractivity contribution in [2.75, 3.05) is 12.3 Å². The molecule has 10 unspecified atom stereocenters. The van der Waals surface area contributed by atoms with Crippen molar-refractivity contribution in [3.63, 3.8) is 0 Å². The monoisotopic (exact) mass is 840 g/mol. The van der Waals surface area contributed by atoms with Gasteiger partial charge < -0.3 is 0 Å². The summed E-state index contributed by atoms with van der Waals surface area (Å²) in [5.74, 6) is -0.0443. The highest BCUT2D eigenvalue weighted by molar-refractivity contribution is 7.87. The molecule has 0 amide bonds. The molecular formula is C33H62O12P2S4. The molecule has 51 heavy (non-hydrogen) atoms. The van der Waals surface area contributed by atoms with Gasteiger partial charge in [0, 0.05) is 0 Å². The zero-order valence-corrected chi connectivity index (χ0v) is 35.4. The minimum Gasteiger partial charge on any atom is -0.285 e. The lowest BCUT2D eigenvalue weighted by Crippen LogP contribution is -2.48. The third-order valence-corrected chi connectivity index (χ3v) is 23.5. The Hall–Kier alpha value is 0.500.